The Labute approximate surface area is 119 Å². The van der Waals surface area contributed by atoms with Crippen LogP contribution in [0.5, 0.6) is 0 Å². The third-order valence-corrected chi connectivity index (χ3v) is 5.99. The van der Waals surface area contributed by atoms with Crippen LogP contribution in [-0.4, -0.2) is 0 Å². The summed E-state index contributed by atoms with van der Waals surface area (Å²) in [6.45, 7) is 10.8. The van der Waals surface area contributed by atoms with Gasteiger partial charge in [-0.15, -0.1) is 22.7 Å². The molecule has 0 N–H and O–H groups in total. The topological polar surface area (TPSA) is 0 Å². The molecule has 0 aromatic carbocycles. The van der Waals surface area contributed by atoms with Gasteiger partial charge in [-0.25, -0.2) is 0 Å². The van der Waals surface area contributed by atoms with Gasteiger partial charge in [0.15, 0.2) is 0 Å². The monoisotopic (exact) mass is 278 g/mol. The molecular formula is C16H22S2. The van der Waals surface area contributed by atoms with E-state index in [9.17, 15) is 0 Å². The molecule has 3 rings (SSSR count). The molecule has 0 radical (unpaired) electrons. The van der Waals surface area contributed by atoms with Gasteiger partial charge in [0.2, 0.25) is 0 Å². The lowest BCUT2D eigenvalue weighted by Gasteiger charge is -2.12. The van der Waals surface area contributed by atoms with Crippen LogP contribution in [0.1, 0.15) is 64.9 Å². The highest BCUT2D eigenvalue weighted by Crippen LogP contribution is 2.39. The first-order valence-corrected chi connectivity index (χ1v) is 8.52. The van der Waals surface area contributed by atoms with Gasteiger partial charge in [-0.2, -0.15) is 0 Å². The highest BCUT2D eigenvalue weighted by atomic mass is 32.1. The molecule has 1 aliphatic rings. The SMILES string of the molecule is CC.Cc1csc2c1Cc1sc(C(C)C)cc1C2. The molecule has 0 nitrogen and oxygen atoms in total. The quantitative estimate of drug-likeness (QED) is 0.530. The van der Waals surface area contributed by atoms with Crippen LogP contribution in [0.3, 0.4) is 0 Å². The molecule has 0 spiro atoms. The molecule has 1 aliphatic carbocycles. The van der Waals surface area contributed by atoms with Crippen molar-refractivity contribution in [2.24, 2.45) is 0 Å². The standard InChI is InChI=1S/C14H16S2.C2H6/c1-8(2)12-4-10-5-14-11(6-13(10)16-12)9(3)7-15-14;1-2/h4,7-8H,5-6H2,1-3H3;1-2H3. The molecule has 2 aromatic heterocycles. The molecule has 0 amide bonds. The Morgan fingerprint density at radius 3 is 2.50 bits per heavy atom. The molecule has 0 aliphatic heterocycles. The maximum absolute atomic E-state index is 2.43. The van der Waals surface area contributed by atoms with E-state index in [2.05, 4.69) is 32.2 Å². The summed E-state index contributed by atoms with van der Waals surface area (Å²) in [5, 5.41) is 2.31. The van der Waals surface area contributed by atoms with Crippen LogP contribution >= 0.6 is 22.7 Å². The van der Waals surface area contributed by atoms with Gasteiger partial charge in [0.25, 0.3) is 0 Å². The number of aryl methyl sites for hydroxylation is 1. The lowest BCUT2D eigenvalue weighted by Crippen LogP contribution is -2.01. The fourth-order valence-electron chi connectivity index (χ4n) is 2.31. The third kappa shape index (κ3) is 2.41. The summed E-state index contributed by atoms with van der Waals surface area (Å²) in [4.78, 5) is 4.76. The minimum absolute atomic E-state index is 0.676. The van der Waals surface area contributed by atoms with Crippen molar-refractivity contribution in [3.05, 3.63) is 42.8 Å². The summed E-state index contributed by atoms with van der Waals surface area (Å²) in [6, 6.07) is 2.43. The molecule has 0 unspecified atom stereocenters. The second-order valence-corrected chi connectivity index (χ2v) is 7.06. The predicted octanol–water partition coefficient (Wildman–Crippen LogP) is 5.76. The van der Waals surface area contributed by atoms with Gasteiger partial charge in [-0.1, -0.05) is 27.7 Å². The van der Waals surface area contributed by atoms with E-state index in [0.29, 0.717) is 5.92 Å². The van der Waals surface area contributed by atoms with Crippen molar-refractivity contribution >= 4 is 22.7 Å². The van der Waals surface area contributed by atoms with E-state index in [-0.39, 0.29) is 0 Å². The first-order valence-electron chi connectivity index (χ1n) is 6.82. The van der Waals surface area contributed by atoms with Crippen molar-refractivity contribution in [1.82, 2.24) is 0 Å². The normalized spacial score (nSPS) is 12.8. The number of hydrogen-bond donors (Lipinski definition) is 0. The molecule has 0 fully saturated rings. The van der Waals surface area contributed by atoms with Gasteiger partial charge in [0.1, 0.15) is 0 Å². The highest BCUT2D eigenvalue weighted by Gasteiger charge is 2.21. The maximum Gasteiger partial charge on any atom is 0.0128 e. The zero-order valence-electron chi connectivity index (χ0n) is 12.0. The zero-order valence-corrected chi connectivity index (χ0v) is 13.6. The van der Waals surface area contributed by atoms with Crippen molar-refractivity contribution in [2.45, 2.75) is 53.4 Å². The average Bonchev–Trinajstić information content (AvgIpc) is 2.94. The molecule has 0 saturated heterocycles. The van der Waals surface area contributed by atoms with E-state index in [1.165, 1.54) is 18.4 Å². The number of hydrogen-bond acceptors (Lipinski definition) is 2. The van der Waals surface area contributed by atoms with Crippen LogP contribution in [0.4, 0.5) is 0 Å². The van der Waals surface area contributed by atoms with Gasteiger partial charge in [0, 0.05) is 27.5 Å². The Hall–Kier alpha value is -0.600. The molecule has 2 aromatic rings. The van der Waals surface area contributed by atoms with E-state index in [1.807, 2.05) is 36.5 Å². The largest absolute Gasteiger partial charge is 0.148 e. The molecule has 2 heteroatoms. The Morgan fingerprint density at radius 1 is 1.11 bits per heavy atom. The summed E-state index contributed by atoms with van der Waals surface area (Å²) in [5.74, 6) is 0.676. The Morgan fingerprint density at radius 2 is 1.83 bits per heavy atom. The number of thiophene rings is 2. The van der Waals surface area contributed by atoms with Crippen LogP contribution in [0.2, 0.25) is 0 Å². The predicted molar refractivity (Wildman–Crippen MR) is 84.4 cm³/mol. The van der Waals surface area contributed by atoms with Crippen molar-refractivity contribution in [2.75, 3.05) is 0 Å². The Balaban J connectivity index is 0.000000574. The first kappa shape index (κ1) is 13.8. The Bertz CT molecular complexity index is 529. The van der Waals surface area contributed by atoms with E-state index in [1.54, 1.807) is 25.8 Å². The van der Waals surface area contributed by atoms with Gasteiger partial charge >= 0.3 is 0 Å². The average molecular weight is 278 g/mol. The lowest BCUT2D eigenvalue weighted by atomic mass is 9.95. The van der Waals surface area contributed by atoms with E-state index in [4.69, 9.17) is 0 Å². The fraction of sp³-hybridized carbons (Fsp3) is 0.500. The van der Waals surface area contributed by atoms with Crippen molar-refractivity contribution in [3.63, 3.8) is 0 Å². The number of rotatable bonds is 1. The van der Waals surface area contributed by atoms with Crippen LogP contribution in [0, 0.1) is 6.92 Å². The van der Waals surface area contributed by atoms with Crippen LogP contribution in [-0.2, 0) is 12.8 Å². The van der Waals surface area contributed by atoms with Crippen LogP contribution in [0.25, 0.3) is 0 Å². The Kier molecular flexibility index (Phi) is 4.29. The van der Waals surface area contributed by atoms with Crippen LogP contribution in [0.15, 0.2) is 11.4 Å². The molecule has 0 bridgehead atoms. The van der Waals surface area contributed by atoms with E-state index >= 15 is 0 Å². The molecule has 0 atom stereocenters. The maximum atomic E-state index is 2.43. The minimum atomic E-state index is 0.676. The van der Waals surface area contributed by atoms with E-state index < -0.39 is 0 Å². The summed E-state index contributed by atoms with van der Waals surface area (Å²) < 4.78 is 0. The van der Waals surface area contributed by atoms with Gasteiger partial charge in [-0.05, 0) is 41.0 Å². The molecule has 0 saturated carbocycles. The van der Waals surface area contributed by atoms with Crippen molar-refractivity contribution in [1.29, 1.82) is 0 Å². The third-order valence-electron chi connectivity index (χ3n) is 3.36. The lowest BCUT2D eigenvalue weighted by molar-refractivity contribution is 0.888. The first-order chi connectivity index (χ1) is 8.65. The molecule has 18 heavy (non-hydrogen) atoms. The minimum Gasteiger partial charge on any atom is -0.148 e. The van der Waals surface area contributed by atoms with Crippen molar-refractivity contribution < 1.29 is 0 Å². The summed E-state index contributed by atoms with van der Waals surface area (Å²) in [7, 11) is 0. The zero-order chi connectivity index (χ0) is 13.3. The van der Waals surface area contributed by atoms with Gasteiger partial charge in [0.05, 0.1) is 0 Å². The molecule has 98 valence electrons. The fourth-order valence-corrected chi connectivity index (χ4v) is 4.59. The summed E-state index contributed by atoms with van der Waals surface area (Å²) >= 11 is 3.96. The van der Waals surface area contributed by atoms with Gasteiger partial charge < -0.3 is 0 Å². The second kappa shape index (κ2) is 5.58. The van der Waals surface area contributed by atoms with Gasteiger partial charge in [-0.3, -0.25) is 0 Å². The molecular weight excluding hydrogens is 256 g/mol. The number of fused-ring (bicyclic) bond motifs is 2. The summed E-state index contributed by atoms with van der Waals surface area (Å²) in [5.41, 5.74) is 4.68. The summed E-state index contributed by atoms with van der Waals surface area (Å²) in [6.07, 6.45) is 2.35. The second-order valence-electron chi connectivity index (χ2n) is 4.93. The molecule has 2 heterocycles. The van der Waals surface area contributed by atoms with Crippen molar-refractivity contribution in [3.8, 4) is 0 Å². The van der Waals surface area contributed by atoms with E-state index in [0.717, 1.165) is 0 Å². The van der Waals surface area contributed by atoms with Crippen LogP contribution < -0.4 is 0 Å². The highest BCUT2D eigenvalue weighted by molar-refractivity contribution is 7.12. The smallest absolute Gasteiger partial charge is 0.0128 e.